The molecule has 120 valence electrons. The van der Waals surface area contributed by atoms with Crippen molar-refractivity contribution in [1.29, 1.82) is 0 Å². The first-order valence-electron chi connectivity index (χ1n) is 6.27. The molecule has 0 radical (unpaired) electrons. The quantitative estimate of drug-likeness (QED) is 0.382. The Morgan fingerprint density at radius 2 is 2.14 bits per heavy atom. The highest BCUT2D eigenvalue weighted by Crippen LogP contribution is 2.17. The molecular formula is C11H15N5O6. The van der Waals surface area contributed by atoms with Gasteiger partial charge in [0.05, 0.1) is 11.5 Å². The molecule has 0 aliphatic carbocycles. The van der Waals surface area contributed by atoms with Crippen LogP contribution >= 0.6 is 0 Å². The maximum Gasteiger partial charge on any atom is 0.375 e. The summed E-state index contributed by atoms with van der Waals surface area (Å²) in [5.74, 6) is -1.93. The average molecular weight is 313 g/mol. The second-order valence-corrected chi connectivity index (χ2v) is 4.29. The summed E-state index contributed by atoms with van der Waals surface area (Å²) < 4.78 is 0. The van der Waals surface area contributed by atoms with Crippen molar-refractivity contribution in [1.82, 2.24) is 9.97 Å². The molecule has 0 bridgehead atoms. The number of aromatic nitrogens is 2. The van der Waals surface area contributed by atoms with Crippen LogP contribution in [0.1, 0.15) is 20.3 Å². The number of nitrogens with zero attached hydrogens (tertiary/aromatic N) is 2. The van der Waals surface area contributed by atoms with Crippen LogP contribution in [-0.2, 0) is 9.59 Å². The number of nitro groups is 1. The van der Waals surface area contributed by atoms with E-state index in [1.165, 1.54) is 0 Å². The van der Waals surface area contributed by atoms with Crippen LogP contribution in [0, 0.1) is 10.1 Å². The van der Waals surface area contributed by atoms with Gasteiger partial charge in [-0.05, 0) is 6.42 Å². The summed E-state index contributed by atoms with van der Waals surface area (Å²) in [6.45, 7) is 2.30. The van der Waals surface area contributed by atoms with Gasteiger partial charge in [-0.1, -0.05) is 6.92 Å². The highest BCUT2D eigenvalue weighted by atomic mass is 16.6. The lowest BCUT2D eigenvalue weighted by molar-refractivity contribution is -0.385. The molecule has 11 nitrogen and oxygen atoms in total. The van der Waals surface area contributed by atoms with E-state index in [0.717, 1.165) is 6.92 Å². The topological polar surface area (TPSA) is 167 Å². The van der Waals surface area contributed by atoms with Crippen molar-refractivity contribution < 1.29 is 19.6 Å². The molecule has 1 rings (SSSR count). The number of Topliss-reactive ketones (excluding diaryl/α,β-unsaturated/α-hetero) is 1. The third-order valence-corrected chi connectivity index (χ3v) is 2.56. The number of carbonyl (C=O) groups excluding carboxylic acids is 2. The molecule has 1 heterocycles. The van der Waals surface area contributed by atoms with Crippen LogP contribution in [0.2, 0.25) is 0 Å². The minimum absolute atomic E-state index is 0.183. The van der Waals surface area contributed by atoms with Crippen LogP contribution in [0.25, 0.3) is 0 Å². The molecule has 0 spiro atoms. The van der Waals surface area contributed by atoms with Crippen molar-refractivity contribution >= 4 is 29.1 Å². The molecule has 0 aliphatic heterocycles. The molecule has 1 amide bonds. The minimum Gasteiger partial charge on any atom is -0.385 e. The number of hydrogen-bond acceptors (Lipinski definition) is 8. The van der Waals surface area contributed by atoms with Crippen molar-refractivity contribution in [2.45, 2.75) is 26.4 Å². The standard InChI is InChI=1S/C11H15N5O6/c1-3-6(18)7(19)4-12-9-8(16(21)22)10(20)15-11(14-9)13-5(2)17/h6,18H,3-4H2,1-2H3,(H3,12,13,14,15,17,20). The van der Waals surface area contributed by atoms with Crippen molar-refractivity contribution in [2.24, 2.45) is 0 Å². The second kappa shape index (κ2) is 7.26. The summed E-state index contributed by atoms with van der Waals surface area (Å²) in [7, 11) is 0. The van der Waals surface area contributed by atoms with E-state index in [0.29, 0.717) is 0 Å². The number of rotatable bonds is 7. The molecule has 4 N–H and O–H groups in total. The number of aliphatic hydroxyl groups is 1. The summed E-state index contributed by atoms with van der Waals surface area (Å²) >= 11 is 0. The zero-order valence-electron chi connectivity index (χ0n) is 11.9. The number of hydrogen-bond donors (Lipinski definition) is 4. The summed E-state index contributed by atoms with van der Waals surface area (Å²) in [4.78, 5) is 49.7. The van der Waals surface area contributed by atoms with Gasteiger partial charge < -0.3 is 10.4 Å². The van der Waals surface area contributed by atoms with Gasteiger partial charge in [-0.2, -0.15) is 4.98 Å². The molecule has 1 unspecified atom stereocenters. The number of anilines is 2. The molecule has 1 aromatic heterocycles. The molecule has 22 heavy (non-hydrogen) atoms. The molecule has 0 aromatic carbocycles. The molecule has 0 saturated heterocycles. The van der Waals surface area contributed by atoms with Crippen LogP contribution < -0.4 is 16.2 Å². The summed E-state index contributed by atoms with van der Waals surface area (Å²) in [6.07, 6.45) is -1.04. The highest BCUT2D eigenvalue weighted by Gasteiger charge is 2.24. The average Bonchev–Trinajstić information content (AvgIpc) is 2.41. The van der Waals surface area contributed by atoms with Crippen LogP contribution in [0.15, 0.2) is 4.79 Å². The molecular weight excluding hydrogens is 298 g/mol. The lowest BCUT2D eigenvalue weighted by atomic mass is 10.2. The second-order valence-electron chi connectivity index (χ2n) is 4.29. The summed E-state index contributed by atoms with van der Waals surface area (Å²) in [6, 6.07) is 0. The fraction of sp³-hybridized carbons (Fsp3) is 0.455. The van der Waals surface area contributed by atoms with Crippen molar-refractivity contribution in [3.63, 3.8) is 0 Å². The first-order chi connectivity index (χ1) is 10.3. The Balaban J connectivity index is 3.11. The largest absolute Gasteiger partial charge is 0.385 e. The number of carbonyl (C=O) groups is 2. The maximum atomic E-state index is 11.7. The molecule has 0 fully saturated rings. The number of H-pyrrole nitrogens is 1. The molecule has 0 aliphatic rings. The number of aliphatic hydroxyl groups excluding tert-OH is 1. The normalized spacial score (nSPS) is 11.6. The number of amides is 1. The third kappa shape index (κ3) is 4.34. The van der Waals surface area contributed by atoms with E-state index < -0.39 is 46.3 Å². The highest BCUT2D eigenvalue weighted by molar-refractivity contribution is 5.88. The SMILES string of the molecule is CCC(O)C(=O)CNc1nc(NC(C)=O)[nH]c(=O)c1[N+](=O)[O-]. The number of aromatic amines is 1. The number of ketones is 1. The van der Waals surface area contributed by atoms with Gasteiger partial charge in [0.1, 0.15) is 6.10 Å². The van der Waals surface area contributed by atoms with E-state index in [4.69, 9.17) is 0 Å². The van der Waals surface area contributed by atoms with E-state index in [1.807, 2.05) is 4.98 Å². The first-order valence-corrected chi connectivity index (χ1v) is 6.27. The van der Waals surface area contributed by atoms with Crippen LogP contribution in [-0.4, -0.2) is 44.3 Å². The van der Waals surface area contributed by atoms with Crippen molar-refractivity contribution in [2.75, 3.05) is 17.2 Å². The number of nitrogens with one attached hydrogen (secondary N) is 3. The smallest absolute Gasteiger partial charge is 0.375 e. The van der Waals surface area contributed by atoms with Gasteiger partial charge in [0, 0.05) is 6.92 Å². The van der Waals surface area contributed by atoms with Gasteiger partial charge in [0.2, 0.25) is 17.7 Å². The van der Waals surface area contributed by atoms with Gasteiger partial charge in [-0.25, -0.2) is 0 Å². The predicted octanol–water partition coefficient (Wildman–Crippen LogP) is -0.612. The van der Waals surface area contributed by atoms with E-state index in [-0.39, 0.29) is 12.4 Å². The first kappa shape index (κ1) is 17.2. The Morgan fingerprint density at radius 1 is 1.50 bits per heavy atom. The summed E-state index contributed by atoms with van der Waals surface area (Å²) in [5, 5.41) is 24.7. The summed E-state index contributed by atoms with van der Waals surface area (Å²) in [5.41, 5.74) is -1.98. The lowest BCUT2D eigenvalue weighted by Gasteiger charge is -2.09. The molecule has 11 heteroatoms. The van der Waals surface area contributed by atoms with Gasteiger partial charge in [0.25, 0.3) is 0 Å². The molecule has 1 aromatic rings. The molecule has 0 saturated carbocycles. The molecule has 1 atom stereocenters. The van der Waals surface area contributed by atoms with Crippen LogP contribution in [0.5, 0.6) is 0 Å². The fourth-order valence-electron chi connectivity index (χ4n) is 1.50. The predicted molar refractivity (Wildman–Crippen MR) is 75.6 cm³/mol. The van der Waals surface area contributed by atoms with E-state index in [2.05, 4.69) is 15.6 Å². The third-order valence-electron chi connectivity index (χ3n) is 2.56. The van der Waals surface area contributed by atoms with E-state index in [9.17, 15) is 29.6 Å². The Bertz CT molecular complexity index is 655. The van der Waals surface area contributed by atoms with Gasteiger partial charge >= 0.3 is 11.2 Å². The Kier molecular flexibility index (Phi) is 5.69. The van der Waals surface area contributed by atoms with Crippen LogP contribution in [0.3, 0.4) is 0 Å². The Morgan fingerprint density at radius 3 is 2.64 bits per heavy atom. The van der Waals surface area contributed by atoms with E-state index >= 15 is 0 Å². The van der Waals surface area contributed by atoms with Crippen molar-refractivity contribution in [3.05, 3.63) is 20.5 Å². The van der Waals surface area contributed by atoms with Crippen molar-refractivity contribution in [3.8, 4) is 0 Å². The fourth-order valence-corrected chi connectivity index (χ4v) is 1.50. The Labute approximate surface area is 123 Å². The van der Waals surface area contributed by atoms with Gasteiger partial charge in [-0.3, -0.25) is 34.8 Å². The van der Waals surface area contributed by atoms with Crippen LogP contribution in [0.4, 0.5) is 17.5 Å². The monoisotopic (exact) mass is 313 g/mol. The van der Waals surface area contributed by atoms with Gasteiger partial charge in [-0.15, -0.1) is 0 Å². The van der Waals surface area contributed by atoms with E-state index in [1.54, 1.807) is 6.92 Å². The Hall–Kier alpha value is -2.82. The lowest BCUT2D eigenvalue weighted by Crippen LogP contribution is -2.28. The maximum absolute atomic E-state index is 11.7. The van der Waals surface area contributed by atoms with Gasteiger partial charge in [0.15, 0.2) is 5.78 Å². The minimum atomic E-state index is -1.22. The zero-order valence-corrected chi connectivity index (χ0v) is 11.9. The zero-order chi connectivity index (χ0) is 16.9.